The zero-order valence-electron chi connectivity index (χ0n) is 9.93. The smallest absolute Gasteiger partial charge is 0.321 e. The average molecular weight is 233 g/mol. The molecule has 91 valence electrons. The number of amides is 3. The van der Waals surface area contributed by atoms with E-state index in [9.17, 15) is 9.59 Å². The van der Waals surface area contributed by atoms with Gasteiger partial charge in [-0.1, -0.05) is 43.7 Å². The molecule has 0 spiro atoms. The van der Waals surface area contributed by atoms with Gasteiger partial charge >= 0.3 is 6.03 Å². The Hall–Kier alpha value is -1.84. The summed E-state index contributed by atoms with van der Waals surface area (Å²) in [6.07, 6.45) is 3.08. The number of hydrogen-bond acceptors (Lipinski definition) is 2. The Morgan fingerprint density at radius 3 is 2.47 bits per heavy atom. The first kappa shape index (κ1) is 13.2. The van der Waals surface area contributed by atoms with Crippen molar-refractivity contribution in [2.75, 3.05) is 6.54 Å². The molecule has 3 amide bonds. The van der Waals surface area contributed by atoms with Gasteiger partial charge in [0.1, 0.15) is 0 Å². The summed E-state index contributed by atoms with van der Waals surface area (Å²) in [5.41, 5.74) is 5.94. The van der Waals surface area contributed by atoms with Crippen LogP contribution in [0, 0.1) is 6.42 Å². The van der Waals surface area contributed by atoms with Gasteiger partial charge in [-0.3, -0.25) is 9.69 Å². The highest BCUT2D eigenvalue weighted by Gasteiger charge is 2.18. The molecule has 0 heterocycles. The third kappa shape index (κ3) is 4.26. The van der Waals surface area contributed by atoms with E-state index in [2.05, 4.69) is 0 Å². The van der Waals surface area contributed by atoms with Crippen molar-refractivity contribution in [3.8, 4) is 0 Å². The minimum atomic E-state index is -0.698. The summed E-state index contributed by atoms with van der Waals surface area (Å²) < 4.78 is 0. The molecule has 4 heteroatoms. The number of benzene rings is 1. The van der Waals surface area contributed by atoms with E-state index >= 15 is 0 Å². The number of urea groups is 1. The number of hydrogen-bond donors (Lipinski definition) is 1. The van der Waals surface area contributed by atoms with E-state index in [1.165, 1.54) is 6.42 Å². The van der Waals surface area contributed by atoms with Crippen molar-refractivity contribution in [2.45, 2.75) is 19.8 Å². The zero-order valence-corrected chi connectivity index (χ0v) is 9.93. The predicted molar refractivity (Wildman–Crippen MR) is 66.0 cm³/mol. The molecular formula is C13H17N2O2. The lowest BCUT2D eigenvalue weighted by Crippen LogP contribution is -2.41. The number of unbranched alkanes of at least 4 members (excludes halogenated alkanes) is 1. The summed E-state index contributed by atoms with van der Waals surface area (Å²) in [6.45, 7) is 2.36. The Balaban J connectivity index is 2.62. The fourth-order valence-electron chi connectivity index (χ4n) is 1.41. The van der Waals surface area contributed by atoms with Crippen LogP contribution < -0.4 is 5.73 Å². The SMILES string of the molecule is CCCCN(C(N)=O)C(=O)[CH]c1ccccc1. The van der Waals surface area contributed by atoms with Gasteiger partial charge in [0.2, 0.25) is 5.91 Å². The number of nitrogens with zero attached hydrogens (tertiary/aromatic N) is 1. The third-order valence-electron chi connectivity index (χ3n) is 2.36. The predicted octanol–water partition coefficient (Wildman–Crippen LogP) is 1.95. The normalized spacial score (nSPS) is 9.94. The Morgan fingerprint density at radius 2 is 1.94 bits per heavy atom. The van der Waals surface area contributed by atoms with Gasteiger partial charge in [0, 0.05) is 6.54 Å². The lowest BCUT2D eigenvalue weighted by molar-refractivity contribution is -0.124. The van der Waals surface area contributed by atoms with Crippen LogP contribution in [0.25, 0.3) is 0 Å². The van der Waals surface area contributed by atoms with Crippen molar-refractivity contribution < 1.29 is 9.59 Å². The van der Waals surface area contributed by atoms with Gasteiger partial charge in [-0.15, -0.1) is 0 Å². The molecule has 0 bridgehead atoms. The molecule has 0 aliphatic carbocycles. The number of carbonyl (C=O) groups is 2. The average Bonchev–Trinajstić information content (AvgIpc) is 2.30. The highest BCUT2D eigenvalue weighted by Crippen LogP contribution is 2.06. The van der Waals surface area contributed by atoms with E-state index in [-0.39, 0.29) is 5.91 Å². The Morgan fingerprint density at radius 1 is 1.29 bits per heavy atom. The van der Waals surface area contributed by atoms with E-state index in [4.69, 9.17) is 5.73 Å². The molecule has 1 aromatic rings. The van der Waals surface area contributed by atoms with Crippen LogP contribution in [0.1, 0.15) is 25.3 Å². The molecule has 1 rings (SSSR count). The Bertz CT molecular complexity index is 376. The molecule has 0 aliphatic rings. The van der Waals surface area contributed by atoms with E-state index in [1.807, 2.05) is 25.1 Å². The van der Waals surface area contributed by atoms with Gasteiger partial charge in [0.15, 0.2) is 0 Å². The lowest BCUT2D eigenvalue weighted by atomic mass is 10.1. The second-order valence-electron chi connectivity index (χ2n) is 3.74. The monoisotopic (exact) mass is 233 g/mol. The number of carbonyl (C=O) groups excluding carboxylic acids is 2. The largest absolute Gasteiger partial charge is 0.351 e. The van der Waals surface area contributed by atoms with Crippen LogP contribution in [-0.4, -0.2) is 23.4 Å². The Kier molecular flexibility index (Phi) is 5.20. The van der Waals surface area contributed by atoms with Crippen molar-refractivity contribution in [3.63, 3.8) is 0 Å². The van der Waals surface area contributed by atoms with Crippen LogP contribution in [0.5, 0.6) is 0 Å². The van der Waals surface area contributed by atoms with Crippen molar-refractivity contribution >= 4 is 11.9 Å². The molecule has 4 nitrogen and oxygen atoms in total. The first-order valence-corrected chi connectivity index (χ1v) is 5.66. The molecule has 0 aromatic heterocycles. The first-order chi connectivity index (χ1) is 8.15. The third-order valence-corrected chi connectivity index (χ3v) is 2.36. The van der Waals surface area contributed by atoms with Crippen LogP contribution in [0.15, 0.2) is 30.3 Å². The summed E-state index contributed by atoms with van der Waals surface area (Å²) >= 11 is 0. The van der Waals surface area contributed by atoms with Crippen LogP contribution >= 0.6 is 0 Å². The molecule has 0 fully saturated rings. The molecule has 0 aliphatic heterocycles. The van der Waals surface area contributed by atoms with Crippen molar-refractivity contribution in [1.82, 2.24) is 4.90 Å². The van der Waals surface area contributed by atoms with E-state index < -0.39 is 6.03 Å². The highest BCUT2D eigenvalue weighted by molar-refractivity contribution is 6.00. The molecule has 1 radical (unpaired) electrons. The Labute approximate surface area is 101 Å². The number of primary amides is 1. The van der Waals surface area contributed by atoms with Gasteiger partial charge < -0.3 is 5.73 Å². The van der Waals surface area contributed by atoms with Gasteiger partial charge in [-0.25, -0.2) is 4.79 Å². The van der Waals surface area contributed by atoms with Crippen LogP contribution in [0.2, 0.25) is 0 Å². The van der Waals surface area contributed by atoms with Gasteiger partial charge in [0.05, 0.1) is 6.42 Å². The maximum Gasteiger partial charge on any atom is 0.321 e. The summed E-state index contributed by atoms with van der Waals surface area (Å²) in [4.78, 5) is 24.0. The minimum absolute atomic E-state index is 0.364. The van der Waals surface area contributed by atoms with Crippen LogP contribution in [-0.2, 0) is 4.79 Å². The second kappa shape index (κ2) is 6.68. The van der Waals surface area contributed by atoms with Crippen LogP contribution in [0.4, 0.5) is 4.79 Å². The molecular weight excluding hydrogens is 216 g/mol. The standard InChI is InChI=1S/C13H17N2O2/c1-2-3-9-15(13(14)17)12(16)10-11-7-5-4-6-8-11/h4-8,10H,2-3,9H2,1H3,(H2,14,17). The van der Waals surface area contributed by atoms with Gasteiger partial charge in [-0.05, 0) is 12.0 Å². The molecule has 17 heavy (non-hydrogen) atoms. The fraction of sp³-hybridized carbons (Fsp3) is 0.308. The first-order valence-electron chi connectivity index (χ1n) is 5.66. The quantitative estimate of drug-likeness (QED) is 0.844. The maximum atomic E-state index is 11.8. The molecule has 2 N–H and O–H groups in total. The van der Waals surface area contributed by atoms with Crippen molar-refractivity contribution in [2.24, 2.45) is 5.73 Å². The van der Waals surface area contributed by atoms with E-state index in [0.717, 1.165) is 23.3 Å². The molecule has 0 unspecified atom stereocenters. The minimum Gasteiger partial charge on any atom is -0.351 e. The lowest BCUT2D eigenvalue weighted by Gasteiger charge is -2.17. The maximum absolute atomic E-state index is 11.8. The topological polar surface area (TPSA) is 63.4 Å². The summed E-state index contributed by atoms with van der Waals surface area (Å²) in [7, 11) is 0. The summed E-state index contributed by atoms with van der Waals surface area (Å²) in [5, 5.41) is 0. The van der Waals surface area contributed by atoms with Crippen molar-refractivity contribution in [3.05, 3.63) is 42.3 Å². The second-order valence-corrected chi connectivity index (χ2v) is 3.74. The molecule has 0 saturated heterocycles. The van der Waals surface area contributed by atoms with Crippen molar-refractivity contribution in [1.29, 1.82) is 0 Å². The summed E-state index contributed by atoms with van der Waals surface area (Å²) in [6, 6.07) is 8.44. The zero-order chi connectivity index (χ0) is 12.7. The highest BCUT2D eigenvalue weighted by atomic mass is 16.2. The van der Waals surface area contributed by atoms with Crippen LogP contribution in [0.3, 0.4) is 0 Å². The molecule has 0 atom stereocenters. The summed E-state index contributed by atoms with van der Waals surface area (Å²) in [5.74, 6) is -0.364. The van der Waals surface area contributed by atoms with E-state index in [1.54, 1.807) is 12.1 Å². The fourth-order valence-corrected chi connectivity index (χ4v) is 1.41. The van der Waals surface area contributed by atoms with Gasteiger partial charge in [-0.2, -0.15) is 0 Å². The number of imide groups is 1. The van der Waals surface area contributed by atoms with Gasteiger partial charge in [0.25, 0.3) is 0 Å². The van der Waals surface area contributed by atoms with E-state index in [0.29, 0.717) is 6.54 Å². The number of nitrogens with two attached hydrogens (primary N) is 1. The molecule has 0 saturated carbocycles. The molecule has 1 aromatic carbocycles. The number of rotatable bonds is 5.